The number of hydrogen-bond acceptors (Lipinski definition) is 5. The number of carbonyl (C=O) groups is 1. The minimum absolute atomic E-state index is 0.209. The third kappa shape index (κ3) is 3.03. The summed E-state index contributed by atoms with van der Waals surface area (Å²) in [7, 11) is 0. The van der Waals surface area contributed by atoms with Crippen molar-refractivity contribution in [3.63, 3.8) is 0 Å². The molecule has 1 aliphatic heterocycles. The van der Waals surface area contributed by atoms with Gasteiger partial charge in [0.05, 0.1) is 16.9 Å². The number of fused-ring (bicyclic) bond motifs is 2. The van der Waals surface area contributed by atoms with Gasteiger partial charge in [-0.05, 0) is 42.5 Å². The molecule has 7 nitrogen and oxygen atoms in total. The summed E-state index contributed by atoms with van der Waals surface area (Å²) in [5.74, 6) is 1.27. The van der Waals surface area contributed by atoms with Crippen molar-refractivity contribution in [1.29, 1.82) is 0 Å². The highest BCUT2D eigenvalue weighted by molar-refractivity contribution is 6.04. The Morgan fingerprint density at radius 2 is 1.93 bits per heavy atom. The number of nitrogens with one attached hydrogen (secondary N) is 1. The maximum atomic E-state index is 12.3. The lowest BCUT2D eigenvalue weighted by Gasteiger charge is -2.18. The summed E-state index contributed by atoms with van der Waals surface area (Å²) in [6, 6.07) is 12.9. The molecule has 0 bridgehead atoms. The van der Waals surface area contributed by atoms with E-state index >= 15 is 0 Å². The largest absolute Gasteiger partial charge is 0.486 e. The molecule has 7 heteroatoms. The van der Waals surface area contributed by atoms with Crippen molar-refractivity contribution in [2.45, 2.75) is 0 Å². The van der Waals surface area contributed by atoms with Crippen molar-refractivity contribution in [2.24, 2.45) is 0 Å². The third-order valence-corrected chi connectivity index (χ3v) is 4.47. The van der Waals surface area contributed by atoms with Gasteiger partial charge < -0.3 is 19.2 Å². The number of carbonyl (C=O) groups excluding carboxylic acids is 1. The van der Waals surface area contributed by atoms with E-state index in [0.717, 1.165) is 28.4 Å². The summed E-state index contributed by atoms with van der Waals surface area (Å²) >= 11 is 0. The Kier molecular flexibility index (Phi) is 3.90. The number of rotatable bonds is 3. The number of hydrogen-bond donors (Lipinski definition) is 1. The van der Waals surface area contributed by atoms with Crippen LogP contribution in [0, 0.1) is 0 Å². The highest BCUT2D eigenvalue weighted by Crippen LogP contribution is 2.34. The molecule has 138 valence electrons. The van der Waals surface area contributed by atoms with Gasteiger partial charge in [-0.2, -0.15) is 0 Å². The van der Waals surface area contributed by atoms with E-state index in [-0.39, 0.29) is 5.91 Å². The van der Waals surface area contributed by atoms with Gasteiger partial charge in [0, 0.05) is 30.4 Å². The zero-order valence-corrected chi connectivity index (χ0v) is 14.8. The first-order valence-corrected chi connectivity index (χ1v) is 8.86. The van der Waals surface area contributed by atoms with E-state index < -0.39 is 0 Å². The third-order valence-electron chi connectivity index (χ3n) is 4.47. The first-order valence-electron chi connectivity index (χ1n) is 8.86. The van der Waals surface area contributed by atoms with Crippen molar-refractivity contribution in [3.8, 4) is 22.8 Å². The molecule has 0 saturated heterocycles. The minimum atomic E-state index is -0.209. The fourth-order valence-corrected chi connectivity index (χ4v) is 3.11. The molecule has 0 aliphatic carbocycles. The summed E-state index contributed by atoms with van der Waals surface area (Å²) < 4.78 is 13.1. The summed E-state index contributed by atoms with van der Waals surface area (Å²) in [5, 5.41) is 2.88. The van der Waals surface area contributed by atoms with Gasteiger partial charge >= 0.3 is 0 Å². The average molecular weight is 372 g/mol. The number of ether oxygens (including phenoxy) is 2. The van der Waals surface area contributed by atoms with Crippen LogP contribution in [-0.2, 0) is 0 Å². The highest BCUT2D eigenvalue weighted by atomic mass is 16.6. The van der Waals surface area contributed by atoms with Crippen LogP contribution in [0.15, 0.2) is 67.3 Å². The summed E-state index contributed by atoms with van der Waals surface area (Å²) in [4.78, 5) is 20.9. The van der Waals surface area contributed by atoms with E-state index in [1.807, 2.05) is 47.1 Å². The topological polar surface area (TPSA) is 77.8 Å². The molecule has 0 unspecified atom stereocenters. The molecule has 0 atom stereocenters. The second-order valence-electron chi connectivity index (χ2n) is 6.36. The van der Waals surface area contributed by atoms with Crippen LogP contribution in [0.5, 0.6) is 11.5 Å². The SMILES string of the molecule is O=C(Nc1ccc2nc(-c3ccc4c(c3)OCCO4)cn2c1)c1cccnc1. The molecule has 3 aromatic heterocycles. The Hall–Kier alpha value is -3.87. The van der Waals surface area contributed by atoms with Crippen molar-refractivity contribution in [3.05, 3.63) is 72.8 Å². The molecule has 5 rings (SSSR count). The van der Waals surface area contributed by atoms with Gasteiger partial charge in [0.2, 0.25) is 0 Å². The Morgan fingerprint density at radius 3 is 2.79 bits per heavy atom. The maximum absolute atomic E-state index is 12.3. The number of nitrogens with zero attached hydrogens (tertiary/aromatic N) is 3. The second kappa shape index (κ2) is 6.70. The van der Waals surface area contributed by atoms with Crippen LogP contribution in [0.4, 0.5) is 5.69 Å². The molecular formula is C21H16N4O3. The monoisotopic (exact) mass is 372 g/mol. The van der Waals surface area contributed by atoms with E-state index in [1.54, 1.807) is 18.3 Å². The highest BCUT2D eigenvalue weighted by Gasteiger charge is 2.14. The Balaban J connectivity index is 1.43. The lowest BCUT2D eigenvalue weighted by Crippen LogP contribution is -2.15. The average Bonchev–Trinajstić information content (AvgIpc) is 3.17. The molecule has 0 fully saturated rings. The zero-order valence-electron chi connectivity index (χ0n) is 14.8. The molecule has 4 heterocycles. The van der Waals surface area contributed by atoms with Crippen LogP contribution in [0.1, 0.15) is 10.4 Å². The molecule has 4 aromatic rings. The van der Waals surface area contributed by atoms with Gasteiger partial charge in [-0.25, -0.2) is 4.98 Å². The van der Waals surface area contributed by atoms with E-state index in [9.17, 15) is 4.79 Å². The van der Waals surface area contributed by atoms with Crippen LogP contribution in [0.25, 0.3) is 16.9 Å². The summed E-state index contributed by atoms with van der Waals surface area (Å²) in [5.41, 5.74) is 3.71. The fourth-order valence-electron chi connectivity index (χ4n) is 3.11. The van der Waals surface area contributed by atoms with Crippen LogP contribution in [-0.4, -0.2) is 33.5 Å². The van der Waals surface area contributed by atoms with Gasteiger partial charge in [0.1, 0.15) is 18.9 Å². The molecule has 0 radical (unpaired) electrons. The lowest BCUT2D eigenvalue weighted by atomic mass is 10.1. The minimum Gasteiger partial charge on any atom is -0.486 e. The van der Waals surface area contributed by atoms with Crippen molar-refractivity contribution < 1.29 is 14.3 Å². The predicted octanol–water partition coefficient (Wildman–Crippen LogP) is 3.42. The quantitative estimate of drug-likeness (QED) is 0.596. The van der Waals surface area contributed by atoms with Crippen molar-refractivity contribution in [2.75, 3.05) is 18.5 Å². The zero-order chi connectivity index (χ0) is 18.9. The standard InChI is InChI=1S/C21H16N4O3/c26-21(15-2-1-7-22-11-15)23-16-4-6-20-24-17(13-25(20)12-16)14-3-5-18-19(10-14)28-9-8-27-18/h1-7,10-13H,8-9H2,(H,23,26). The van der Waals surface area contributed by atoms with Crippen LogP contribution >= 0.6 is 0 Å². The molecule has 28 heavy (non-hydrogen) atoms. The van der Waals surface area contributed by atoms with Crippen LogP contribution in [0.2, 0.25) is 0 Å². The van der Waals surface area contributed by atoms with Crippen LogP contribution < -0.4 is 14.8 Å². The maximum Gasteiger partial charge on any atom is 0.257 e. The summed E-state index contributed by atoms with van der Waals surface area (Å²) in [6.45, 7) is 1.11. The smallest absolute Gasteiger partial charge is 0.257 e. The normalized spacial score (nSPS) is 12.7. The molecule has 0 saturated carbocycles. The lowest BCUT2D eigenvalue weighted by molar-refractivity contribution is 0.102. The number of pyridine rings is 2. The Labute approximate surface area is 160 Å². The first kappa shape index (κ1) is 16.3. The molecule has 1 amide bonds. The van der Waals surface area contributed by atoms with Gasteiger partial charge in [-0.15, -0.1) is 0 Å². The van der Waals surface area contributed by atoms with Gasteiger partial charge in [0.15, 0.2) is 11.5 Å². The predicted molar refractivity (Wildman–Crippen MR) is 104 cm³/mol. The molecule has 1 aliphatic rings. The fraction of sp³-hybridized carbons (Fsp3) is 0.0952. The number of aromatic nitrogens is 3. The number of amides is 1. The van der Waals surface area contributed by atoms with Crippen molar-refractivity contribution >= 4 is 17.2 Å². The van der Waals surface area contributed by atoms with Gasteiger partial charge in [-0.1, -0.05) is 0 Å². The van der Waals surface area contributed by atoms with Crippen LogP contribution in [0.3, 0.4) is 0 Å². The molecular weight excluding hydrogens is 356 g/mol. The van der Waals surface area contributed by atoms with Crippen molar-refractivity contribution in [1.82, 2.24) is 14.4 Å². The first-order chi connectivity index (χ1) is 13.8. The van der Waals surface area contributed by atoms with Gasteiger partial charge in [-0.3, -0.25) is 9.78 Å². The van der Waals surface area contributed by atoms with Gasteiger partial charge in [0.25, 0.3) is 5.91 Å². The molecule has 1 aromatic carbocycles. The van der Waals surface area contributed by atoms with E-state index in [4.69, 9.17) is 9.47 Å². The van der Waals surface area contributed by atoms with E-state index in [1.165, 1.54) is 6.20 Å². The number of anilines is 1. The van der Waals surface area contributed by atoms with E-state index in [0.29, 0.717) is 24.5 Å². The summed E-state index contributed by atoms with van der Waals surface area (Å²) in [6.07, 6.45) is 6.91. The number of benzene rings is 1. The second-order valence-corrected chi connectivity index (χ2v) is 6.36. The number of imidazole rings is 1. The van der Waals surface area contributed by atoms with E-state index in [2.05, 4.69) is 15.3 Å². The Morgan fingerprint density at radius 1 is 1.04 bits per heavy atom. The molecule has 1 N–H and O–H groups in total. The Bertz CT molecular complexity index is 1170. The molecule has 0 spiro atoms.